The number of fused-ring (bicyclic) bond motifs is 1. The van der Waals surface area contributed by atoms with E-state index in [9.17, 15) is 0 Å². The topological polar surface area (TPSA) is 70.7 Å². The van der Waals surface area contributed by atoms with Crippen molar-refractivity contribution in [3.63, 3.8) is 0 Å². The number of imidazole rings is 1. The summed E-state index contributed by atoms with van der Waals surface area (Å²) in [6.45, 7) is 0.00421. The Balaban J connectivity index is 1.72. The average Bonchev–Trinajstić information content (AvgIpc) is 3.27. The van der Waals surface area contributed by atoms with Crippen molar-refractivity contribution >= 4 is 17.0 Å². The molecule has 0 aliphatic carbocycles. The van der Waals surface area contributed by atoms with E-state index in [0.29, 0.717) is 5.01 Å². The molecule has 2 N–H and O–H groups in total. The third kappa shape index (κ3) is 2.71. The fourth-order valence-corrected chi connectivity index (χ4v) is 3.24. The van der Waals surface area contributed by atoms with Gasteiger partial charge in [-0.2, -0.15) is 0 Å². The summed E-state index contributed by atoms with van der Waals surface area (Å²) in [5.41, 5.74) is 5.47. The number of rotatable bonds is 4. The molecule has 5 nitrogen and oxygen atoms in total. The normalized spacial score (nSPS) is 11.2. The molecule has 0 spiro atoms. The van der Waals surface area contributed by atoms with Crippen LogP contribution in [0.5, 0.6) is 0 Å². The molecule has 0 saturated heterocycles. The number of aliphatic hydroxyl groups is 2. The number of hydrogen-bond acceptors (Lipinski definition) is 5. The van der Waals surface area contributed by atoms with Crippen LogP contribution in [0.2, 0.25) is 0 Å². The van der Waals surface area contributed by atoms with Crippen LogP contribution in [0.25, 0.3) is 28.2 Å². The van der Waals surface area contributed by atoms with Crippen molar-refractivity contribution in [3.05, 3.63) is 64.7 Å². The van der Waals surface area contributed by atoms with Crippen molar-refractivity contribution < 1.29 is 10.2 Å². The van der Waals surface area contributed by atoms with Crippen molar-refractivity contribution in [2.24, 2.45) is 0 Å². The summed E-state index contributed by atoms with van der Waals surface area (Å²) in [5.74, 6) is 0. The van der Waals surface area contributed by atoms with Crippen molar-refractivity contribution in [3.8, 4) is 22.5 Å². The summed E-state index contributed by atoms with van der Waals surface area (Å²) in [6.07, 6.45) is 3.97. The molecule has 0 atom stereocenters. The number of aliphatic hydroxyl groups excluding tert-OH is 2. The Kier molecular flexibility index (Phi) is 3.86. The van der Waals surface area contributed by atoms with E-state index >= 15 is 0 Å². The Morgan fingerprint density at radius 1 is 0.833 bits per heavy atom. The molecule has 1 aromatic carbocycles. The van der Waals surface area contributed by atoms with Gasteiger partial charge in [-0.25, -0.2) is 9.97 Å². The van der Waals surface area contributed by atoms with Gasteiger partial charge in [-0.15, -0.1) is 11.3 Å². The van der Waals surface area contributed by atoms with Gasteiger partial charge in [0, 0.05) is 28.9 Å². The Labute approximate surface area is 142 Å². The van der Waals surface area contributed by atoms with Crippen LogP contribution in [-0.2, 0) is 13.2 Å². The molecule has 3 aromatic heterocycles. The smallest absolute Gasteiger partial charge is 0.137 e. The summed E-state index contributed by atoms with van der Waals surface area (Å²) in [7, 11) is 0. The van der Waals surface area contributed by atoms with E-state index in [1.165, 1.54) is 11.3 Å². The zero-order valence-corrected chi connectivity index (χ0v) is 13.6. The maximum Gasteiger partial charge on any atom is 0.137 e. The van der Waals surface area contributed by atoms with Crippen LogP contribution in [0.4, 0.5) is 0 Å². The van der Waals surface area contributed by atoms with Gasteiger partial charge < -0.3 is 14.6 Å². The van der Waals surface area contributed by atoms with Gasteiger partial charge in [0.15, 0.2) is 0 Å². The highest BCUT2D eigenvalue weighted by atomic mass is 32.1. The first-order valence-electron chi connectivity index (χ1n) is 7.51. The zero-order chi connectivity index (χ0) is 16.5. The van der Waals surface area contributed by atoms with Gasteiger partial charge >= 0.3 is 0 Å². The highest BCUT2D eigenvalue weighted by Crippen LogP contribution is 2.25. The molecule has 0 fully saturated rings. The number of thiazole rings is 1. The maximum atomic E-state index is 9.15. The molecule has 0 bridgehead atoms. The summed E-state index contributed by atoms with van der Waals surface area (Å²) in [4.78, 5) is 9.04. The van der Waals surface area contributed by atoms with Gasteiger partial charge in [0.1, 0.15) is 10.7 Å². The van der Waals surface area contributed by atoms with Crippen molar-refractivity contribution in [2.45, 2.75) is 13.2 Å². The van der Waals surface area contributed by atoms with Gasteiger partial charge in [-0.1, -0.05) is 24.3 Å². The lowest BCUT2D eigenvalue weighted by atomic mass is 10.1. The lowest BCUT2D eigenvalue weighted by Gasteiger charge is -1.98. The first-order valence-corrected chi connectivity index (χ1v) is 8.39. The second-order valence-corrected chi connectivity index (χ2v) is 6.39. The van der Waals surface area contributed by atoms with Crippen LogP contribution < -0.4 is 0 Å². The van der Waals surface area contributed by atoms with Gasteiger partial charge in [0.2, 0.25) is 0 Å². The van der Waals surface area contributed by atoms with Crippen LogP contribution in [0, 0.1) is 0 Å². The molecule has 0 aliphatic rings. The number of hydrogen-bond donors (Lipinski definition) is 2. The van der Waals surface area contributed by atoms with Gasteiger partial charge in [-0.05, 0) is 17.7 Å². The quantitative estimate of drug-likeness (QED) is 0.600. The van der Waals surface area contributed by atoms with Crippen LogP contribution in [-0.4, -0.2) is 24.6 Å². The molecule has 0 unspecified atom stereocenters. The highest BCUT2D eigenvalue weighted by molar-refractivity contribution is 7.09. The lowest BCUT2D eigenvalue weighted by molar-refractivity contribution is 0.281. The van der Waals surface area contributed by atoms with Gasteiger partial charge in [0.25, 0.3) is 0 Å². The van der Waals surface area contributed by atoms with E-state index in [0.717, 1.165) is 33.7 Å². The van der Waals surface area contributed by atoms with Crippen molar-refractivity contribution in [2.75, 3.05) is 0 Å². The molecule has 0 amide bonds. The van der Waals surface area contributed by atoms with Crippen LogP contribution in [0.1, 0.15) is 10.6 Å². The minimum atomic E-state index is -0.0357. The van der Waals surface area contributed by atoms with E-state index in [2.05, 4.69) is 9.97 Å². The zero-order valence-electron chi connectivity index (χ0n) is 12.8. The molecule has 3 heterocycles. The van der Waals surface area contributed by atoms with Gasteiger partial charge in [-0.3, -0.25) is 0 Å². The molecule has 120 valence electrons. The number of aromatic nitrogens is 3. The third-order valence-electron chi connectivity index (χ3n) is 3.87. The Morgan fingerprint density at radius 3 is 2.33 bits per heavy atom. The van der Waals surface area contributed by atoms with Crippen LogP contribution in [0.3, 0.4) is 0 Å². The first kappa shape index (κ1) is 15.0. The molecular weight excluding hydrogens is 322 g/mol. The van der Waals surface area contributed by atoms with Crippen LogP contribution >= 0.6 is 11.3 Å². The van der Waals surface area contributed by atoms with E-state index in [-0.39, 0.29) is 13.2 Å². The first-order chi connectivity index (χ1) is 11.8. The Bertz CT molecular complexity index is 989. The third-order valence-corrected chi connectivity index (χ3v) is 4.70. The molecular formula is C18H15N3O2S. The lowest BCUT2D eigenvalue weighted by Crippen LogP contribution is -1.86. The number of nitrogens with zero attached hydrogens (tertiary/aromatic N) is 3. The summed E-state index contributed by atoms with van der Waals surface area (Å²) < 4.78 is 1.97. The second kappa shape index (κ2) is 6.16. The molecule has 0 aliphatic heterocycles. The minimum absolute atomic E-state index is 0.0357. The second-order valence-electron chi connectivity index (χ2n) is 5.45. The largest absolute Gasteiger partial charge is 0.392 e. The van der Waals surface area contributed by atoms with Crippen molar-refractivity contribution in [1.82, 2.24) is 14.4 Å². The highest BCUT2D eigenvalue weighted by Gasteiger charge is 2.08. The molecule has 0 radical (unpaired) electrons. The fraction of sp³-hybridized carbons (Fsp3) is 0.111. The number of pyridine rings is 1. The average molecular weight is 337 g/mol. The predicted octanol–water partition coefficient (Wildman–Crippen LogP) is 3.11. The van der Waals surface area contributed by atoms with Crippen molar-refractivity contribution in [1.29, 1.82) is 0 Å². The predicted molar refractivity (Wildman–Crippen MR) is 93.6 cm³/mol. The van der Waals surface area contributed by atoms with E-state index < -0.39 is 0 Å². The van der Waals surface area contributed by atoms with E-state index in [1.54, 1.807) is 0 Å². The Morgan fingerprint density at radius 2 is 1.62 bits per heavy atom. The molecule has 6 heteroatoms. The van der Waals surface area contributed by atoms with E-state index in [4.69, 9.17) is 10.2 Å². The maximum absolute atomic E-state index is 9.15. The summed E-state index contributed by atoms with van der Waals surface area (Å²) in [6, 6.07) is 11.7. The molecule has 0 saturated carbocycles. The monoisotopic (exact) mass is 337 g/mol. The van der Waals surface area contributed by atoms with E-state index in [1.807, 2.05) is 58.6 Å². The Hall–Kier alpha value is -2.54. The van der Waals surface area contributed by atoms with Gasteiger partial charge in [0.05, 0.1) is 24.6 Å². The molecule has 4 rings (SSSR count). The molecule has 4 aromatic rings. The SMILES string of the molecule is OCc1ccc(-c2cn3cc(-c4csc(CO)n4)ccc3n2)cc1. The van der Waals surface area contributed by atoms with Crippen LogP contribution in [0.15, 0.2) is 54.2 Å². The summed E-state index contributed by atoms with van der Waals surface area (Å²) >= 11 is 1.45. The summed E-state index contributed by atoms with van der Waals surface area (Å²) in [5, 5.41) is 20.9. The standard InChI is InChI=1S/C18H15N3O2S/c22-9-12-1-3-13(4-2-12)15-8-21-7-14(5-6-17(21)19-15)16-11-24-18(10-23)20-16/h1-8,11,22-23H,9-10H2. The minimum Gasteiger partial charge on any atom is -0.392 e. The molecule has 24 heavy (non-hydrogen) atoms. The number of benzene rings is 1. The fourth-order valence-electron chi connectivity index (χ4n) is 2.58.